The summed E-state index contributed by atoms with van der Waals surface area (Å²) in [6.45, 7) is 1.72. The van der Waals surface area contributed by atoms with Crippen LogP contribution in [0.15, 0.2) is 24.3 Å². The third-order valence-electron chi connectivity index (χ3n) is 2.94. The first-order valence-electron chi connectivity index (χ1n) is 6.48. The lowest BCUT2D eigenvalue weighted by molar-refractivity contribution is -0.120. The summed E-state index contributed by atoms with van der Waals surface area (Å²) in [7, 11) is 0. The lowest BCUT2D eigenvalue weighted by Crippen LogP contribution is -2.29. The van der Waals surface area contributed by atoms with Gasteiger partial charge >= 0.3 is 0 Å². The van der Waals surface area contributed by atoms with Crippen molar-refractivity contribution in [2.75, 3.05) is 13.1 Å². The van der Waals surface area contributed by atoms with Gasteiger partial charge < -0.3 is 10.6 Å². The second-order valence-electron chi connectivity index (χ2n) is 4.74. The third kappa shape index (κ3) is 5.07. The fraction of sp³-hybridized carbons (Fsp3) is 0.500. The summed E-state index contributed by atoms with van der Waals surface area (Å²) in [4.78, 5) is 11.7. The SMILES string of the molecule is O=C(Cc1cccc(Cl)c1)NCCCNC1CC1. The van der Waals surface area contributed by atoms with Gasteiger partial charge in [0.2, 0.25) is 5.91 Å². The summed E-state index contributed by atoms with van der Waals surface area (Å²) < 4.78 is 0. The molecular weight excluding hydrogens is 248 g/mol. The van der Waals surface area contributed by atoms with Crippen molar-refractivity contribution in [1.29, 1.82) is 0 Å². The van der Waals surface area contributed by atoms with Gasteiger partial charge in [-0.25, -0.2) is 0 Å². The Morgan fingerprint density at radius 1 is 1.33 bits per heavy atom. The minimum Gasteiger partial charge on any atom is -0.356 e. The fourth-order valence-corrected chi connectivity index (χ4v) is 2.02. The fourth-order valence-electron chi connectivity index (χ4n) is 1.80. The predicted octanol–water partition coefficient (Wildman–Crippen LogP) is 2.14. The first kappa shape index (κ1) is 13.4. The van der Waals surface area contributed by atoms with Crippen LogP contribution in [0.3, 0.4) is 0 Å². The highest BCUT2D eigenvalue weighted by molar-refractivity contribution is 6.30. The van der Waals surface area contributed by atoms with Crippen molar-refractivity contribution in [3.8, 4) is 0 Å². The Morgan fingerprint density at radius 3 is 2.89 bits per heavy atom. The van der Waals surface area contributed by atoms with Crippen molar-refractivity contribution >= 4 is 17.5 Å². The van der Waals surface area contributed by atoms with Crippen LogP contribution in [0.5, 0.6) is 0 Å². The number of nitrogens with one attached hydrogen (secondary N) is 2. The normalized spacial score (nSPS) is 14.5. The van der Waals surface area contributed by atoms with Crippen LogP contribution in [0, 0.1) is 0 Å². The number of halogens is 1. The Balaban J connectivity index is 1.59. The van der Waals surface area contributed by atoms with Crippen LogP contribution in [0.4, 0.5) is 0 Å². The van der Waals surface area contributed by atoms with E-state index >= 15 is 0 Å². The van der Waals surface area contributed by atoms with E-state index in [4.69, 9.17) is 11.6 Å². The molecule has 1 saturated carbocycles. The highest BCUT2D eigenvalue weighted by Crippen LogP contribution is 2.18. The maximum absolute atomic E-state index is 11.7. The minimum absolute atomic E-state index is 0.0590. The molecule has 0 bridgehead atoms. The number of carbonyl (C=O) groups is 1. The van der Waals surface area contributed by atoms with Gasteiger partial charge in [0.15, 0.2) is 0 Å². The topological polar surface area (TPSA) is 41.1 Å². The molecule has 1 fully saturated rings. The lowest BCUT2D eigenvalue weighted by Gasteiger charge is -2.06. The molecule has 3 nitrogen and oxygen atoms in total. The summed E-state index contributed by atoms with van der Waals surface area (Å²) in [5.74, 6) is 0.0590. The van der Waals surface area contributed by atoms with Crippen LogP contribution >= 0.6 is 11.6 Å². The molecule has 0 spiro atoms. The monoisotopic (exact) mass is 266 g/mol. The number of benzene rings is 1. The highest BCUT2D eigenvalue weighted by Gasteiger charge is 2.19. The van der Waals surface area contributed by atoms with Crippen molar-refractivity contribution in [3.63, 3.8) is 0 Å². The average Bonchev–Trinajstić information content (AvgIpc) is 3.12. The van der Waals surface area contributed by atoms with Crippen molar-refractivity contribution in [2.45, 2.75) is 31.7 Å². The molecule has 1 aromatic rings. The summed E-state index contributed by atoms with van der Waals surface area (Å²) in [6, 6.07) is 8.17. The molecule has 0 aromatic heterocycles. The summed E-state index contributed by atoms with van der Waals surface area (Å²) >= 11 is 5.87. The predicted molar refractivity (Wildman–Crippen MR) is 73.8 cm³/mol. The molecule has 0 aliphatic heterocycles. The van der Waals surface area contributed by atoms with Crippen LogP contribution in [0.25, 0.3) is 0 Å². The quantitative estimate of drug-likeness (QED) is 0.743. The largest absolute Gasteiger partial charge is 0.356 e. The Morgan fingerprint density at radius 2 is 2.17 bits per heavy atom. The van der Waals surface area contributed by atoms with Gasteiger partial charge in [-0.15, -0.1) is 0 Å². The minimum atomic E-state index is 0.0590. The van der Waals surface area contributed by atoms with Crippen molar-refractivity contribution in [1.82, 2.24) is 10.6 Å². The Hall–Kier alpha value is -1.06. The van der Waals surface area contributed by atoms with Gasteiger partial charge in [-0.2, -0.15) is 0 Å². The van der Waals surface area contributed by atoms with E-state index in [0.29, 0.717) is 11.4 Å². The van der Waals surface area contributed by atoms with Crippen LogP contribution in [0.2, 0.25) is 5.02 Å². The van der Waals surface area contributed by atoms with E-state index in [1.807, 2.05) is 24.3 Å². The van der Waals surface area contributed by atoms with Crippen molar-refractivity contribution in [3.05, 3.63) is 34.9 Å². The zero-order valence-corrected chi connectivity index (χ0v) is 11.2. The summed E-state index contributed by atoms with van der Waals surface area (Å²) in [6.07, 6.45) is 4.00. The molecule has 4 heteroatoms. The smallest absolute Gasteiger partial charge is 0.224 e. The second-order valence-corrected chi connectivity index (χ2v) is 5.18. The van der Waals surface area contributed by atoms with E-state index in [9.17, 15) is 4.79 Å². The van der Waals surface area contributed by atoms with Gasteiger partial charge in [0.25, 0.3) is 0 Å². The van der Waals surface area contributed by atoms with E-state index in [1.54, 1.807) is 0 Å². The highest BCUT2D eigenvalue weighted by atomic mass is 35.5. The molecule has 1 amide bonds. The standard InChI is InChI=1S/C14H19ClN2O/c15-12-4-1-3-11(9-12)10-14(18)17-8-2-7-16-13-5-6-13/h1,3-4,9,13,16H,2,5-8,10H2,(H,17,18). The molecular formula is C14H19ClN2O. The van der Waals surface area contributed by atoms with E-state index < -0.39 is 0 Å². The molecule has 1 aliphatic carbocycles. The number of hydrogen-bond acceptors (Lipinski definition) is 2. The summed E-state index contributed by atoms with van der Waals surface area (Å²) in [5, 5.41) is 7.02. The van der Waals surface area contributed by atoms with Crippen molar-refractivity contribution < 1.29 is 4.79 Å². The van der Waals surface area contributed by atoms with Gasteiger partial charge in [0, 0.05) is 17.6 Å². The molecule has 1 aromatic carbocycles. The lowest BCUT2D eigenvalue weighted by atomic mass is 10.1. The first-order chi connectivity index (χ1) is 8.74. The number of hydrogen-bond donors (Lipinski definition) is 2. The van der Waals surface area contributed by atoms with Crippen LogP contribution in [-0.4, -0.2) is 25.0 Å². The molecule has 0 unspecified atom stereocenters. The molecule has 18 heavy (non-hydrogen) atoms. The van der Waals surface area contributed by atoms with Gasteiger partial charge in [0.05, 0.1) is 6.42 Å². The van der Waals surface area contributed by atoms with Crippen LogP contribution < -0.4 is 10.6 Å². The van der Waals surface area contributed by atoms with Gasteiger partial charge in [-0.3, -0.25) is 4.79 Å². The van der Waals surface area contributed by atoms with E-state index in [-0.39, 0.29) is 5.91 Å². The van der Waals surface area contributed by atoms with Gasteiger partial charge in [-0.05, 0) is 43.5 Å². The number of amides is 1. The number of rotatable bonds is 7. The van der Waals surface area contributed by atoms with Crippen molar-refractivity contribution in [2.24, 2.45) is 0 Å². The zero-order valence-electron chi connectivity index (χ0n) is 10.4. The zero-order chi connectivity index (χ0) is 12.8. The van der Waals surface area contributed by atoms with Crippen LogP contribution in [0.1, 0.15) is 24.8 Å². The Bertz CT molecular complexity index is 405. The second kappa shape index (κ2) is 6.76. The Labute approximate surface area is 113 Å². The summed E-state index contributed by atoms with van der Waals surface area (Å²) in [5.41, 5.74) is 0.955. The molecule has 0 saturated heterocycles. The molecule has 2 N–H and O–H groups in total. The maximum atomic E-state index is 11.7. The van der Waals surface area contributed by atoms with E-state index in [1.165, 1.54) is 12.8 Å². The molecule has 0 radical (unpaired) electrons. The first-order valence-corrected chi connectivity index (χ1v) is 6.86. The van der Waals surface area contributed by atoms with E-state index in [2.05, 4.69) is 10.6 Å². The van der Waals surface area contributed by atoms with Crippen LogP contribution in [-0.2, 0) is 11.2 Å². The third-order valence-corrected chi connectivity index (χ3v) is 3.17. The van der Waals surface area contributed by atoms with Gasteiger partial charge in [-0.1, -0.05) is 23.7 Å². The maximum Gasteiger partial charge on any atom is 0.224 e. The molecule has 0 heterocycles. The number of carbonyl (C=O) groups excluding carboxylic acids is 1. The molecule has 2 rings (SSSR count). The molecule has 1 aliphatic rings. The van der Waals surface area contributed by atoms with Gasteiger partial charge in [0.1, 0.15) is 0 Å². The Kier molecular flexibility index (Phi) is 5.02. The molecule has 98 valence electrons. The van der Waals surface area contributed by atoms with E-state index in [0.717, 1.165) is 31.1 Å². The molecule has 0 atom stereocenters. The average molecular weight is 267 g/mol.